The fourth-order valence-corrected chi connectivity index (χ4v) is 4.37. The van der Waals surface area contributed by atoms with Gasteiger partial charge in [0.1, 0.15) is 12.1 Å². The van der Waals surface area contributed by atoms with Gasteiger partial charge in [0.05, 0.1) is 17.1 Å². The van der Waals surface area contributed by atoms with Crippen molar-refractivity contribution < 1.29 is 0 Å². The molecule has 10 nitrogen and oxygen atoms in total. The Morgan fingerprint density at radius 3 is 2.58 bits per heavy atom. The summed E-state index contributed by atoms with van der Waals surface area (Å²) in [5.41, 5.74) is 2.53. The molecule has 1 aliphatic rings. The second-order valence-electron chi connectivity index (χ2n) is 8.23. The second kappa shape index (κ2) is 7.60. The number of fused-ring (bicyclic) bond motifs is 1. The number of aromatic nitrogens is 8. The predicted octanol–water partition coefficient (Wildman–Crippen LogP) is 2.32. The van der Waals surface area contributed by atoms with Crippen molar-refractivity contribution in [1.82, 2.24) is 39.3 Å². The Labute approximate surface area is 178 Å². The third-order valence-electron chi connectivity index (χ3n) is 5.85. The molecule has 1 fully saturated rings. The topological polar surface area (TPSA) is 108 Å². The minimum atomic E-state index is -0.0745. The summed E-state index contributed by atoms with van der Waals surface area (Å²) in [6.07, 6.45) is 7.05. The van der Waals surface area contributed by atoms with Crippen molar-refractivity contribution in [3.05, 3.63) is 52.5 Å². The van der Waals surface area contributed by atoms with Crippen molar-refractivity contribution in [3.63, 3.8) is 0 Å². The summed E-state index contributed by atoms with van der Waals surface area (Å²) in [6, 6.07) is 5.68. The molecule has 4 aromatic heterocycles. The SMILES string of the molecule is Cc1cc(C)n(-c2ccc(=O)n(C3CCC(Nc4ncnc5nn(C)cc45)CC3)n2)n1. The molecule has 0 atom stereocenters. The van der Waals surface area contributed by atoms with Gasteiger partial charge < -0.3 is 5.32 Å². The first-order valence-electron chi connectivity index (χ1n) is 10.5. The maximum Gasteiger partial charge on any atom is 0.267 e. The van der Waals surface area contributed by atoms with Gasteiger partial charge in [-0.15, -0.1) is 5.10 Å². The average Bonchev–Trinajstić information content (AvgIpc) is 3.30. The van der Waals surface area contributed by atoms with E-state index in [-0.39, 0.29) is 17.6 Å². The van der Waals surface area contributed by atoms with E-state index in [1.54, 1.807) is 26.2 Å². The van der Waals surface area contributed by atoms with E-state index in [0.717, 1.165) is 48.3 Å². The van der Waals surface area contributed by atoms with Gasteiger partial charge in [0.2, 0.25) is 0 Å². The molecule has 0 bridgehead atoms. The van der Waals surface area contributed by atoms with Crippen LogP contribution >= 0.6 is 0 Å². The molecule has 1 N–H and O–H groups in total. The zero-order valence-corrected chi connectivity index (χ0v) is 17.9. The molecule has 5 rings (SSSR count). The van der Waals surface area contributed by atoms with Crippen LogP contribution in [0.2, 0.25) is 0 Å². The van der Waals surface area contributed by atoms with Gasteiger partial charge in [-0.1, -0.05) is 0 Å². The van der Waals surface area contributed by atoms with Crippen molar-refractivity contribution in [3.8, 4) is 5.82 Å². The van der Waals surface area contributed by atoms with E-state index in [2.05, 4.69) is 30.6 Å². The van der Waals surface area contributed by atoms with Gasteiger partial charge in [-0.05, 0) is 51.7 Å². The minimum Gasteiger partial charge on any atom is -0.367 e. The molecular weight excluding hydrogens is 394 g/mol. The molecule has 0 aromatic carbocycles. The van der Waals surface area contributed by atoms with Crippen molar-refractivity contribution >= 4 is 16.9 Å². The van der Waals surface area contributed by atoms with Crippen LogP contribution in [0.15, 0.2) is 35.5 Å². The minimum absolute atomic E-state index is 0.0745. The van der Waals surface area contributed by atoms with Gasteiger partial charge in [-0.3, -0.25) is 9.48 Å². The third-order valence-corrected chi connectivity index (χ3v) is 5.85. The van der Waals surface area contributed by atoms with Gasteiger partial charge >= 0.3 is 0 Å². The second-order valence-corrected chi connectivity index (χ2v) is 8.23. The maximum absolute atomic E-state index is 12.5. The molecule has 4 heterocycles. The van der Waals surface area contributed by atoms with Crippen LogP contribution in [0.3, 0.4) is 0 Å². The Morgan fingerprint density at radius 2 is 1.84 bits per heavy atom. The lowest BCUT2D eigenvalue weighted by Crippen LogP contribution is -2.33. The lowest BCUT2D eigenvalue weighted by molar-refractivity contribution is 0.302. The van der Waals surface area contributed by atoms with Crippen molar-refractivity contribution in [1.29, 1.82) is 0 Å². The normalized spacial score (nSPS) is 19.1. The van der Waals surface area contributed by atoms with E-state index < -0.39 is 0 Å². The highest BCUT2D eigenvalue weighted by atomic mass is 16.1. The van der Waals surface area contributed by atoms with Crippen LogP contribution in [0.1, 0.15) is 43.1 Å². The Balaban J connectivity index is 1.32. The monoisotopic (exact) mass is 419 g/mol. The van der Waals surface area contributed by atoms with Crippen LogP contribution in [0, 0.1) is 13.8 Å². The van der Waals surface area contributed by atoms with Crippen LogP contribution < -0.4 is 10.9 Å². The molecule has 0 radical (unpaired) electrons. The lowest BCUT2D eigenvalue weighted by atomic mass is 9.91. The summed E-state index contributed by atoms with van der Waals surface area (Å²) in [4.78, 5) is 21.2. The van der Waals surface area contributed by atoms with E-state index in [9.17, 15) is 4.79 Å². The number of nitrogens with zero attached hydrogens (tertiary/aromatic N) is 8. The first kappa shape index (κ1) is 19.4. The standard InChI is InChI=1S/C21H25N9O/c1-13-10-14(2)29(25-13)18-8-9-19(31)30(26-18)16-6-4-15(5-7-16)24-20-17-11-28(3)27-21(17)23-12-22-20/h8-12,15-16H,4-7H2,1-3H3,(H,22,23,24,27). The first-order chi connectivity index (χ1) is 15.0. The molecule has 1 saturated carbocycles. The number of anilines is 1. The molecule has 0 aliphatic heterocycles. The highest BCUT2D eigenvalue weighted by Gasteiger charge is 2.25. The van der Waals surface area contributed by atoms with Gasteiger partial charge in [0.25, 0.3) is 5.56 Å². The van der Waals surface area contributed by atoms with Gasteiger partial charge in [0.15, 0.2) is 11.5 Å². The van der Waals surface area contributed by atoms with Crippen LogP contribution in [0.25, 0.3) is 16.9 Å². The van der Waals surface area contributed by atoms with Crippen LogP contribution in [-0.4, -0.2) is 45.4 Å². The molecule has 31 heavy (non-hydrogen) atoms. The summed E-state index contributed by atoms with van der Waals surface area (Å²) < 4.78 is 5.16. The average molecular weight is 419 g/mol. The number of hydrogen-bond donors (Lipinski definition) is 1. The molecule has 10 heteroatoms. The predicted molar refractivity (Wildman–Crippen MR) is 116 cm³/mol. The van der Waals surface area contributed by atoms with E-state index in [0.29, 0.717) is 11.5 Å². The molecule has 0 saturated heterocycles. The molecule has 0 amide bonds. The molecule has 4 aromatic rings. The molecule has 1 aliphatic carbocycles. The Bertz CT molecular complexity index is 1290. The van der Waals surface area contributed by atoms with Gasteiger partial charge in [-0.2, -0.15) is 10.2 Å². The molecule has 160 valence electrons. The fraction of sp³-hybridized carbons (Fsp3) is 0.429. The summed E-state index contributed by atoms with van der Waals surface area (Å²) in [5, 5.41) is 17.9. The van der Waals surface area contributed by atoms with E-state index in [1.807, 2.05) is 33.2 Å². The largest absolute Gasteiger partial charge is 0.367 e. The Kier molecular flexibility index (Phi) is 4.76. The van der Waals surface area contributed by atoms with Gasteiger partial charge in [-0.25, -0.2) is 19.3 Å². The smallest absolute Gasteiger partial charge is 0.267 e. The Morgan fingerprint density at radius 1 is 1.03 bits per heavy atom. The summed E-state index contributed by atoms with van der Waals surface area (Å²) in [7, 11) is 1.88. The van der Waals surface area contributed by atoms with Crippen molar-refractivity contribution in [2.24, 2.45) is 7.05 Å². The third kappa shape index (κ3) is 3.69. The van der Waals surface area contributed by atoms with E-state index in [1.165, 1.54) is 6.33 Å². The number of hydrogen-bond acceptors (Lipinski definition) is 7. The fourth-order valence-electron chi connectivity index (χ4n) is 4.37. The van der Waals surface area contributed by atoms with Crippen LogP contribution in [0.4, 0.5) is 5.82 Å². The maximum atomic E-state index is 12.5. The first-order valence-corrected chi connectivity index (χ1v) is 10.5. The van der Waals surface area contributed by atoms with Gasteiger partial charge in [0, 0.05) is 31.0 Å². The zero-order valence-electron chi connectivity index (χ0n) is 17.9. The summed E-state index contributed by atoms with van der Waals surface area (Å²) >= 11 is 0. The quantitative estimate of drug-likeness (QED) is 0.541. The zero-order chi connectivity index (χ0) is 21.5. The summed E-state index contributed by atoms with van der Waals surface area (Å²) in [6.45, 7) is 3.94. The van der Waals surface area contributed by atoms with Crippen LogP contribution in [-0.2, 0) is 7.05 Å². The lowest BCUT2D eigenvalue weighted by Gasteiger charge is -2.30. The van der Waals surface area contributed by atoms with E-state index >= 15 is 0 Å². The van der Waals surface area contributed by atoms with Crippen molar-refractivity contribution in [2.75, 3.05) is 5.32 Å². The number of rotatable bonds is 4. The number of aryl methyl sites for hydroxylation is 3. The Hall–Kier alpha value is -3.56. The number of nitrogens with one attached hydrogen (secondary N) is 1. The summed E-state index contributed by atoms with van der Waals surface area (Å²) in [5.74, 6) is 1.48. The highest BCUT2D eigenvalue weighted by molar-refractivity contribution is 5.85. The van der Waals surface area contributed by atoms with Crippen molar-refractivity contribution in [2.45, 2.75) is 51.6 Å². The van der Waals surface area contributed by atoms with E-state index in [4.69, 9.17) is 0 Å². The molecular formula is C21H25N9O. The highest BCUT2D eigenvalue weighted by Crippen LogP contribution is 2.30. The van der Waals surface area contributed by atoms with Crippen LogP contribution in [0.5, 0.6) is 0 Å². The molecule has 0 spiro atoms. The molecule has 0 unspecified atom stereocenters.